The summed E-state index contributed by atoms with van der Waals surface area (Å²) >= 11 is 0. The Kier molecular flexibility index (Phi) is 4.42. The van der Waals surface area contributed by atoms with Crippen LogP contribution in [0.4, 0.5) is 4.39 Å². The lowest BCUT2D eigenvalue weighted by atomic mass is 10.2. The number of pyridine rings is 1. The van der Waals surface area contributed by atoms with E-state index in [1.807, 2.05) is 24.4 Å². The van der Waals surface area contributed by atoms with Crippen molar-refractivity contribution < 1.29 is 9.18 Å². The minimum atomic E-state index is -0.424. The van der Waals surface area contributed by atoms with Crippen LogP contribution in [0.5, 0.6) is 0 Å². The van der Waals surface area contributed by atoms with Gasteiger partial charge in [0.1, 0.15) is 5.82 Å². The van der Waals surface area contributed by atoms with E-state index in [0.717, 1.165) is 11.3 Å². The Morgan fingerprint density at radius 2 is 2.00 bits per heavy atom. The van der Waals surface area contributed by atoms with E-state index in [1.165, 1.54) is 18.2 Å². The van der Waals surface area contributed by atoms with Crippen molar-refractivity contribution in [1.82, 2.24) is 20.1 Å². The molecule has 0 atom stereocenters. The van der Waals surface area contributed by atoms with E-state index in [2.05, 4.69) is 15.4 Å². The standard InChI is InChI=1S/C17H15FN4O/c18-15-3-1-2-14(12-15)17(23)20-9-11-22-10-6-16(21-22)13-4-7-19-8-5-13/h1-8,10,12H,9,11H2,(H,20,23). The van der Waals surface area contributed by atoms with Crippen molar-refractivity contribution in [2.75, 3.05) is 6.54 Å². The lowest BCUT2D eigenvalue weighted by Gasteiger charge is -2.05. The van der Waals surface area contributed by atoms with Gasteiger partial charge in [-0.2, -0.15) is 5.10 Å². The van der Waals surface area contributed by atoms with Crippen molar-refractivity contribution in [2.45, 2.75) is 6.54 Å². The maximum atomic E-state index is 13.1. The van der Waals surface area contributed by atoms with E-state index in [1.54, 1.807) is 23.1 Å². The van der Waals surface area contributed by atoms with Crippen molar-refractivity contribution in [3.63, 3.8) is 0 Å². The molecule has 0 bridgehead atoms. The van der Waals surface area contributed by atoms with Crippen molar-refractivity contribution >= 4 is 5.91 Å². The smallest absolute Gasteiger partial charge is 0.251 e. The number of carbonyl (C=O) groups is 1. The number of nitrogens with zero attached hydrogens (tertiary/aromatic N) is 3. The number of halogens is 1. The van der Waals surface area contributed by atoms with Crippen LogP contribution in [-0.2, 0) is 6.54 Å². The Morgan fingerprint density at radius 1 is 1.17 bits per heavy atom. The Balaban J connectivity index is 1.55. The molecule has 0 aliphatic carbocycles. The van der Waals surface area contributed by atoms with E-state index < -0.39 is 5.82 Å². The molecule has 0 radical (unpaired) electrons. The van der Waals surface area contributed by atoms with E-state index in [-0.39, 0.29) is 5.91 Å². The van der Waals surface area contributed by atoms with Crippen LogP contribution in [-0.4, -0.2) is 27.2 Å². The number of benzene rings is 1. The fourth-order valence-corrected chi connectivity index (χ4v) is 2.18. The van der Waals surface area contributed by atoms with E-state index >= 15 is 0 Å². The van der Waals surface area contributed by atoms with Gasteiger partial charge in [0, 0.05) is 36.3 Å². The highest BCUT2D eigenvalue weighted by Crippen LogP contribution is 2.14. The van der Waals surface area contributed by atoms with Crippen LogP contribution in [0.25, 0.3) is 11.3 Å². The summed E-state index contributed by atoms with van der Waals surface area (Å²) in [5.41, 5.74) is 2.15. The number of rotatable bonds is 5. The molecule has 0 saturated carbocycles. The molecule has 3 aromatic rings. The Labute approximate surface area is 132 Å². The van der Waals surface area contributed by atoms with Crippen LogP contribution in [0.3, 0.4) is 0 Å². The van der Waals surface area contributed by atoms with Crippen LogP contribution in [0.15, 0.2) is 61.1 Å². The Morgan fingerprint density at radius 3 is 2.78 bits per heavy atom. The fraction of sp³-hybridized carbons (Fsp3) is 0.118. The molecular formula is C17H15FN4O. The SMILES string of the molecule is O=C(NCCn1ccc(-c2ccncc2)n1)c1cccc(F)c1. The average Bonchev–Trinajstić information content (AvgIpc) is 3.04. The second-order valence-electron chi connectivity index (χ2n) is 4.97. The van der Waals surface area contributed by atoms with Crippen molar-refractivity contribution in [2.24, 2.45) is 0 Å². The van der Waals surface area contributed by atoms with Crippen LogP contribution in [0.1, 0.15) is 10.4 Å². The Hall–Kier alpha value is -3.02. The maximum absolute atomic E-state index is 13.1. The molecule has 1 N–H and O–H groups in total. The largest absolute Gasteiger partial charge is 0.350 e. The van der Waals surface area contributed by atoms with Crippen molar-refractivity contribution in [3.05, 3.63) is 72.4 Å². The second kappa shape index (κ2) is 6.83. The summed E-state index contributed by atoms with van der Waals surface area (Å²) in [7, 11) is 0. The van der Waals surface area contributed by atoms with Gasteiger partial charge in [-0.25, -0.2) is 4.39 Å². The molecular weight excluding hydrogens is 295 g/mol. The fourth-order valence-electron chi connectivity index (χ4n) is 2.18. The van der Waals surface area contributed by atoms with E-state index in [9.17, 15) is 9.18 Å². The predicted molar refractivity (Wildman–Crippen MR) is 84.2 cm³/mol. The number of hydrogen-bond acceptors (Lipinski definition) is 3. The van der Waals surface area contributed by atoms with E-state index in [0.29, 0.717) is 18.7 Å². The molecule has 1 amide bonds. The highest BCUT2D eigenvalue weighted by molar-refractivity contribution is 5.94. The molecule has 1 aromatic carbocycles. The first-order chi connectivity index (χ1) is 11.2. The number of amides is 1. The van der Waals surface area contributed by atoms with Crippen LogP contribution in [0, 0.1) is 5.82 Å². The zero-order valence-corrected chi connectivity index (χ0v) is 12.3. The predicted octanol–water partition coefficient (Wildman–Crippen LogP) is 2.51. The molecule has 2 heterocycles. The first kappa shape index (κ1) is 14.9. The summed E-state index contributed by atoms with van der Waals surface area (Å²) in [4.78, 5) is 15.9. The monoisotopic (exact) mass is 310 g/mol. The molecule has 0 spiro atoms. The minimum absolute atomic E-state index is 0.300. The molecule has 0 aliphatic rings. The quantitative estimate of drug-likeness (QED) is 0.788. The van der Waals surface area contributed by atoms with Crippen molar-refractivity contribution in [3.8, 4) is 11.3 Å². The molecule has 116 valence electrons. The molecule has 5 nitrogen and oxygen atoms in total. The van der Waals surface area contributed by atoms with Gasteiger partial charge >= 0.3 is 0 Å². The zero-order chi connectivity index (χ0) is 16.1. The van der Waals surface area contributed by atoms with Gasteiger partial charge in [0.15, 0.2) is 0 Å². The highest BCUT2D eigenvalue weighted by atomic mass is 19.1. The molecule has 0 fully saturated rings. The molecule has 3 rings (SSSR count). The second-order valence-corrected chi connectivity index (χ2v) is 4.97. The van der Waals surface area contributed by atoms with Crippen LogP contribution < -0.4 is 5.32 Å². The molecule has 6 heteroatoms. The van der Waals surface area contributed by atoms with Gasteiger partial charge < -0.3 is 5.32 Å². The molecule has 0 saturated heterocycles. The third-order valence-corrected chi connectivity index (χ3v) is 3.33. The third kappa shape index (κ3) is 3.79. The summed E-state index contributed by atoms with van der Waals surface area (Å²) in [6, 6.07) is 11.3. The van der Waals surface area contributed by atoms with Crippen LogP contribution in [0.2, 0.25) is 0 Å². The molecule has 23 heavy (non-hydrogen) atoms. The topological polar surface area (TPSA) is 59.8 Å². The lowest BCUT2D eigenvalue weighted by Crippen LogP contribution is -2.27. The number of aromatic nitrogens is 3. The molecule has 2 aromatic heterocycles. The average molecular weight is 310 g/mol. The number of nitrogens with one attached hydrogen (secondary N) is 1. The normalized spacial score (nSPS) is 10.5. The molecule has 0 unspecified atom stereocenters. The van der Waals surface area contributed by atoms with Gasteiger partial charge in [0.05, 0.1) is 12.2 Å². The minimum Gasteiger partial charge on any atom is -0.350 e. The third-order valence-electron chi connectivity index (χ3n) is 3.33. The lowest BCUT2D eigenvalue weighted by molar-refractivity contribution is 0.0951. The van der Waals surface area contributed by atoms with Gasteiger partial charge in [-0.3, -0.25) is 14.5 Å². The summed E-state index contributed by atoms with van der Waals surface area (Å²) in [6.07, 6.45) is 5.28. The number of carbonyl (C=O) groups excluding carboxylic acids is 1. The zero-order valence-electron chi connectivity index (χ0n) is 12.3. The first-order valence-electron chi connectivity index (χ1n) is 7.20. The maximum Gasteiger partial charge on any atom is 0.251 e. The van der Waals surface area contributed by atoms with Crippen LogP contribution >= 0.6 is 0 Å². The van der Waals surface area contributed by atoms with Gasteiger partial charge in [0.25, 0.3) is 5.91 Å². The number of hydrogen-bond donors (Lipinski definition) is 1. The van der Waals surface area contributed by atoms with E-state index in [4.69, 9.17) is 0 Å². The highest BCUT2D eigenvalue weighted by Gasteiger charge is 2.06. The summed E-state index contributed by atoms with van der Waals surface area (Å²) in [5.74, 6) is -0.724. The first-order valence-corrected chi connectivity index (χ1v) is 7.20. The van der Waals surface area contributed by atoms with Gasteiger partial charge in [0.2, 0.25) is 0 Å². The summed E-state index contributed by atoms with van der Waals surface area (Å²) in [6.45, 7) is 0.943. The van der Waals surface area contributed by atoms with Gasteiger partial charge in [-0.05, 0) is 36.4 Å². The molecule has 0 aliphatic heterocycles. The summed E-state index contributed by atoms with van der Waals surface area (Å²) in [5, 5.41) is 7.19. The Bertz CT molecular complexity index is 801. The van der Waals surface area contributed by atoms with Gasteiger partial charge in [-0.1, -0.05) is 6.07 Å². The van der Waals surface area contributed by atoms with Crippen molar-refractivity contribution in [1.29, 1.82) is 0 Å². The summed E-state index contributed by atoms with van der Waals surface area (Å²) < 4.78 is 14.8. The van der Waals surface area contributed by atoms with Gasteiger partial charge in [-0.15, -0.1) is 0 Å².